The Morgan fingerprint density at radius 3 is 2.12 bits per heavy atom. The summed E-state index contributed by atoms with van der Waals surface area (Å²) in [6, 6.07) is 8.14. The maximum Gasteiger partial charge on any atom is 0.225 e. The lowest BCUT2D eigenvalue weighted by atomic mass is 10.3. The number of hydrogen-bond acceptors (Lipinski definition) is 6. The zero-order valence-electron chi connectivity index (χ0n) is 15.4. The molecular weight excluding hydrogens is 326 g/mol. The normalized spacial score (nSPS) is 14.7. The second kappa shape index (κ2) is 6.74. The molecule has 0 N–H and O–H groups in total. The molecule has 3 aromatic heterocycles. The van der Waals surface area contributed by atoms with Crippen molar-refractivity contribution in [2.24, 2.45) is 0 Å². The first-order valence-electron chi connectivity index (χ1n) is 8.90. The quantitative estimate of drug-likeness (QED) is 0.723. The number of pyridine rings is 1. The molecule has 0 aromatic carbocycles. The summed E-state index contributed by atoms with van der Waals surface area (Å²) < 4.78 is 2.00. The van der Waals surface area contributed by atoms with E-state index >= 15 is 0 Å². The van der Waals surface area contributed by atoms with E-state index in [1.807, 2.05) is 43.7 Å². The molecule has 7 nitrogen and oxygen atoms in total. The number of rotatable bonds is 3. The Morgan fingerprint density at radius 1 is 0.808 bits per heavy atom. The summed E-state index contributed by atoms with van der Waals surface area (Å²) in [5.41, 5.74) is 2.03. The van der Waals surface area contributed by atoms with Crippen molar-refractivity contribution in [2.75, 3.05) is 36.0 Å². The van der Waals surface area contributed by atoms with E-state index in [4.69, 9.17) is 4.98 Å². The van der Waals surface area contributed by atoms with Gasteiger partial charge in [-0.15, -0.1) is 0 Å². The highest BCUT2D eigenvalue weighted by Crippen LogP contribution is 2.19. The molecule has 134 valence electrons. The lowest BCUT2D eigenvalue weighted by molar-refractivity contribution is 0.632. The molecular formula is C19H23N7. The molecule has 4 rings (SSSR count). The SMILES string of the molecule is Cc1cc(C)nc(N2CCN(c3cccc(-n4ccnc4C)n3)CC2)n1. The molecule has 7 heteroatoms. The molecule has 0 amide bonds. The van der Waals surface area contributed by atoms with Crippen molar-refractivity contribution < 1.29 is 0 Å². The smallest absolute Gasteiger partial charge is 0.225 e. The van der Waals surface area contributed by atoms with E-state index in [1.54, 1.807) is 6.20 Å². The standard InChI is InChI=1S/C19H23N7/c1-14-13-15(2)22-19(21-14)25-11-9-24(10-12-25)17-5-4-6-18(23-17)26-8-7-20-16(26)3/h4-8,13H,9-12H2,1-3H3. The molecule has 0 radical (unpaired) electrons. The molecule has 0 saturated carbocycles. The van der Waals surface area contributed by atoms with Gasteiger partial charge in [0, 0.05) is 50.0 Å². The van der Waals surface area contributed by atoms with Gasteiger partial charge in [-0.25, -0.2) is 19.9 Å². The highest BCUT2D eigenvalue weighted by molar-refractivity contribution is 5.45. The monoisotopic (exact) mass is 349 g/mol. The molecule has 0 spiro atoms. The van der Waals surface area contributed by atoms with Crippen LogP contribution >= 0.6 is 0 Å². The highest BCUT2D eigenvalue weighted by Gasteiger charge is 2.20. The van der Waals surface area contributed by atoms with Crippen molar-refractivity contribution in [1.29, 1.82) is 0 Å². The Hall–Kier alpha value is -2.96. The summed E-state index contributed by atoms with van der Waals surface area (Å²) in [7, 11) is 0. The summed E-state index contributed by atoms with van der Waals surface area (Å²) in [5, 5.41) is 0. The Labute approximate surface area is 153 Å². The van der Waals surface area contributed by atoms with Crippen LogP contribution in [-0.4, -0.2) is 50.7 Å². The largest absolute Gasteiger partial charge is 0.353 e. The highest BCUT2D eigenvalue weighted by atomic mass is 15.3. The minimum absolute atomic E-state index is 0.831. The van der Waals surface area contributed by atoms with E-state index in [1.165, 1.54) is 0 Å². The first-order chi connectivity index (χ1) is 12.6. The fourth-order valence-corrected chi connectivity index (χ4v) is 3.33. The number of hydrogen-bond donors (Lipinski definition) is 0. The van der Waals surface area contributed by atoms with Crippen molar-refractivity contribution >= 4 is 11.8 Å². The number of aryl methyl sites for hydroxylation is 3. The Morgan fingerprint density at radius 2 is 1.46 bits per heavy atom. The van der Waals surface area contributed by atoms with E-state index < -0.39 is 0 Å². The summed E-state index contributed by atoms with van der Waals surface area (Å²) in [6.45, 7) is 9.59. The van der Waals surface area contributed by atoms with Gasteiger partial charge in [0.15, 0.2) is 0 Å². The van der Waals surface area contributed by atoms with Gasteiger partial charge >= 0.3 is 0 Å². The zero-order chi connectivity index (χ0) is 18.1. The number of piperazine rings is 1. The molecule has 1 saturated heterocycles. The molecule has 1 aliphatic heterocycles. The Balaban J connectivity index is 1.49. The lowest BCUT2D eigenvalue weighted by Crippen LogP contribution is -2.47. The van der Waals surface area contributed by atoms with Gasteiger partial charge in [-0.3, -0.25) is 4.57 Å². The molecule has 1 aliphatic rings. The van der Waals surface area contributed by atoms with Crippen molar-refractivity contribution in [3.63, 3.8) is 0 Å². The Bertz CT molecular complexity index is 890. The zero-order valence-corrected chi connectivity index (χ0v) is 15.4. The van der Waals surface area contributed by atoms with Crippen molar-refractivity contribution in [3.05, 3.63) is 53.9 Å². The van der Waals surface area contributed by atoms with Crippen molar-refractivity contribution in [2.45, 2.75) is 20.8 Å². The van der Waals surface area contributed by atoms with Crippen LogP contribution in [0.15, 0.2) is 36.7 Å². The molecule has 4 heterocycles. The van der Waals surface area contributed by atoms with Gasteiger partial charge in [-0.2, -0.15) is 0 Å². The van der Waals surface area contributed by atoms with Gasteiger partial charge in [0.05, 0.1) is 0 Å². The predicted molar refractivity (Wildman–Crippen MR) is 102 cm³/mol. The van der Waals surface area contributed by atoms with Crippen molar-refractivity contribution in [1.82, 2.24) is 24.5 Å². The van der Waals surface area contributed by atoms with Crippen LogP contribution in [-0.2, 0) is 0 Å². The summed E-state index contributed by atoms with van der Waals surface area (Å²) in [6.07, 6.45) is 3.74. The van der Waals surface area contributed by atoms with E-state index in [2.05, 4.69) is 36.9 Å². The number of anilines is 2. The maximum absolute atomic E-state index is 4.82. The maximum atomic E-state index is 4.82. The van der Waals surface area contributed by atoms with E-state index in [0.717, 1.165) is 61.0 Å². The van der Waals surface area contributed by atoms with Gasteiger partial charge in [-0.1, -0.05) is 6.07 Å². The molecule has 0 bridgehead atoms. The number of aromatic nitrogens is 5. The van der Waals surface area contributed by atoms with E-state index in [9.17, 15) is 0 Å². The van der Waals surface area contributed by atoms with Crippen molar-refractivity contribution in [3.8, 4) is 5.82 Å². The molecule has 1 fully saturated rings. The van der Waals surface area contributed by atoms with E-state index in [-0.39, 0.29) is 0 Å². The summed E-state index contributed by atoms with van der Waals surface area (Å²) >= 11 is 0. The van der Waals surface area contributed by atoms with Crippen LogP contribution in [0.4, 0.5) is 11.8 Å². The fourth-order valence-electron chi connectivity index (χ4n) is 3.33. The second-order valence-corrected chi connectivity index (χ2v) is 6.62. The molecule has 0 unspecified atom stereocenters. The van der Waals surface area contributed by atoms with Crippen LogP contribution in [0.3, 0.4) is 0 Å². The summed E-state index contributed by atoms with van der Waals surface area (Å²) in [5.74, 6) is 3.67. The van der Waals surface area contributed by atoms with Gasteiger partial charge < -0.3 is 9.80 Å². The molecule has 0 aliphatic carbocycles. The number of imidazole rings is 1. The van der Waals surface area contributed by atoms with Crippen LogP contribution in [0, 0.1) is 20.8 Å². The van der Waals surface area contributed by atoms with Gasteiger partial charge in [-0.05, 0) is 39.0 Å². The third-order valence-corrected chi connectivity index (χ3v) is 4.65. The molecule has 26 heavy (non-hydrogen) atoms. The average molecular weight is 349 g/mol. The van der Waals surface area contributed by atoms with Crippen LogP contribution in [0.2, 0.25) is 0 Å². The minimum Gasteiger partial charge on any atom is -0.353 e. The summed E-state index contributed by atoms with van der Waals surface area (Å²) in [4.78, 5) is 22.8. The Kier molecular flexibility index (Phi) is 4.28. The molecule has 0 atom stereocenters. The number of nitrogens with zero attached hydrogens (tertiary/aromatic N) is 7. The minimum atomic E-state index is 0.831. The van der Waals surface area contributed by atoms with Crippen LogP contribution < -0.4 is 9.80 Å². The average Bonchev–Trinajstić information content (AvgIpc) is 3.07. The fraction of sp³-hybridized carbons (Fsp3) is 0.368. The van der Waals surface area contributed by atoms with Gasteiger partial charge in [0.1, 0.15) is 17.5 Å². The van der Waals surface area contributed by atoms with Crippen LogP contribution in [0.25, 0.3) is 5.82 Å². The third-order valence-electron chi connectivity index (χ3n) is 4.65. The van der Waals surface area contributed by atoms with Gasteiger partial charge in [0.25, 0.3) is 0 Å². The topological polar surface area (TPSA) is 63.0 Å². The molecule has 3 aromatic rings. The predicted octanol–water partition coefficient (Wildman–Crippen LogP) is 2.31. The van der Waals surface area contributed by atoms with Gasteiger partial charge in [0.2, 0.25) is 5.95 Å². The lowest BCUT2D eigenvalue weighted by Gasteiger charge is -2.35. The van der Waals surface area contributed by atoms with Crippen LogP contribution in [0.1, 0.15) is 17.2 Å². The van der Waals surface area contributed by atoms with Crippen LogP contribution in [0.5, 0.6) is 0 Å². The second-order valence-electron chi connectivity index (χ2n) is 6.62. The van der Waals surface area contributed by atoms with E-state index in [0.29, 0.717) is 0 Å². The first-order valence-corrected chi connectivity index (χ1v) is 8.90. The third kappa shape index (κ3) is 3.24. The first kappa shape index (κ1) is 16.5.